The zero-order valence-corrected chi connectivity index (χ0v) is 35.4. The second kappa shape index (κ2) is 21.3. The van der Waals surface area contributed by atoms with Crippen LogP contribution in [0, 0.1) is 18.3 Å². The Bertz CT molecular complexity index is 2480. The van der Waals surface area contributed by atoms with Crippen LogP contribution >= 0.6 is 0 Å². The smallest absolute Gasteiger partial charge is 0.358 e. The van der Waals surface area contributed by atoms with Gasteiger partial charge in [0, 0.05) is 77.4 Å². The molecule has 0 aliphatic carbocycles. The molecule has 0 aliphatic rings. The highest BCUT2D eigenvalue weighted by molar-refractivity contribution is 7.86. The largest absolute Gasteiger partial charge is 0.397 e. The Morgan fingerprint density at radius 1 is 0.741 bits per heavy atom. The van der Waals surface area contributed by atoms with Crippen molar-refractivity contribution >= 4 is 98.0 Å². The van der Waals surface area contributed by atoms with Crippen molar-refractivity contribution < 1.29 is 64.5 Å². The van der Waals surface area contributed by atoms with E-state index in [2.05, 4.69) is 33.8 Å². The maximum atomic E-state index is 12.6. The van der Waals surface area contributed by atoms with Gasteiger partial charge in [-0.25, -0.2) is 17.6 Å². The summed E-state index contributed by atoms with van der Waals surface area (Å²) in [4.78, 5) is 6.91. The molecule has 0 spiro atoms. The maximum Gasteiger partial charge on any atom is 0.397 e. The van der Waals surface area contributed by atoms with Crippen LogP contribution in [0.3, 0.4) is 0 Å². The summed E-state index contributed by atoms with van der Waals surface area (Å²) in [6.45, 7) is 0.342. The lowest BCUT2D eigenvalue weighted by Gasteiger charge is -2.26. The highest BCUT2D eigenvalue weighted by atomic mass is 32.3. The summed E-state index contributed by atoms with van der Waals surface area (Å²) in [6.07, 6.45) is 0. The lowest BCUT2D eigenvalue weighted by Crippen LogP contribution is -2.29. The van der Waals surface area contributed by atoms with Gasteiger partial charge in [-0.3, -0.25) is 22.1 Å². The van der Waals surface area contributed by atoms with Crippen LogP contribution in [0.4, 0.5) is 34.4 Å². The molecule has 318 valence electrons. The van der Waals surface area contributed by atoms with E-state index in [4.69, 9.17) is 9.11 Å². The van der Waals surface area contributed by atoms with E-state index in [9.17, 15) is 52.2 Å². The SMILES string of the molecule is Cc1c(C#N)c(N(C)CCS(=O)CCOS(=O)(=O)O)nc(N(C)CCS(=O)CCOS(=O)(=O)O)c1N=Nc1ccc(N=Nc2ccc(S(=O)O)cc2)cc1S(=O)(=O)O. The van der Waals surface area contributed by atoms with Gasteiger partial charge in [0.05, 0.1) is 35.0 Å². The molecule has 58 heavy (non-hydrogen) atoms. The quantitative estimate of drug-likeness (QED) is 0.0639. The number of pyridine rings is 1. The zero-order valence-electron chi connectivity index (χ0n) is 30.5. The molecular weight excluding hydrogens is 893 g/mol. The Morgan fingerprint density at radius 2 is 1.24 bits per heavy atom. The van der Waals surface area contributed by atoms with Gasteiger partial charge in [0.2, 0.25) is 0 Å². The van der Waals surface area contributed by atoms with Crippen LogP contribution in [0.15, 0.2) is 72.7 Å². The molecule has 0 radical (unpaired) electrons. The van der Waals surface area contributed by atoms with Gasteiger partial charge >= 0.3 is 20.8 Å². The van der Waals surface area contributed by atoms with E-state index in [0.717, 1.165) is 12.1 Å². The minimum atomic E-state index is -4.96. The summed E-state index contributed by atoms with van der Waals surface area (Å²) in [6, 6.07) is 10.9. The van der Waals surface area contributed by atoms with Gasteiger partial charge in [-0.1, -0.05) is 0 Å². The second-order valence-corrected chi connectivity index (χ2v) is 19.5. The molecule has 4 N–H and O–H groups in total. The molecule has 23 nitrogen and oxygen atoms in total. The molecule has 0 fully saturated rings. The van der Waals surface area contributed by atoms with Crippen molar-refractivity contribution in [2.24, 2.45) is 20.5 Å². The number of rotatable bonds is 22. The van der Waals surface area contributed by atoms with Crippen LogP contribution < -0.4 is 9.80 Å². The maximum absolute atomic E-state index is 12.6. The molecule has 0 saturated heterocycles. The number of nitrogens with zero attached hydrogens (tertiary/aromatic N) is 8. The third-order valence-electron chi connectivity index (χ3n) is 7.41. The number of benzene rings is 2. The van der Waals surface area contributed by atoms with Gasteiger partial charge in [0.25, 0.3) is 10.1 Å². The van der Waals surface area contributed by atoms with Gasteiger partial charge < -0.3 is 14.4 Å². The lowest BCUT2D eigenvalue weighted by molar-refractivity contribution is 0.283. The van der Waals surface area contributed by atoms with Crippen LogP contribution in [0.25, 0.3) is 0 Å². The molecule has 1 heterocycles. The second-order valence-electron chi connectivity index (χ2n) is 11.5. The van der Waals surface area contributed by atoms with Gasteiger partial charge in [0.1, 0.15) is 28.2 Å². The van der Waals surface area contributed by atoms with Crippen molar-refractivity contribution in [1.29, 1.82) is 5.26 Å². The van der Waals surface area contributed by atoms with Gasteiger partial charge in [0.15, 0.2) is 16.9 Å². The number of aromatic nitrogens is 1. The number of anilines is 2. The summed E-state index contributed by atoms with van der Waals surface area (Å²) in [7, 11) is -14.7. The first kappa shape index (κ1) is 48.3. The molecule has 3 atom stereocenters. The van der Waals surface area contributed by atoms with E-state index in [1.165, 1.54) is 61.2 Å². The molecule has 1 aromatic heterocycles. The predicted octanol–water partition coefficient (Wildman–Crippen LogP) is 2.93. The van der Waals surface area contributed by atoms with Crippen LogP contribution in [0.1, 0.15) is 11.1 Å². The fourth-order valence-electron chi connectivity index (χ4n) is 4.52. The normalized spacial score (nSPS) is 14.0. The van der Waals surface area contributed by atoms with Crippen LogP contribution in [-0.4, -0.2) is 124 Å². The summed E-state index contributed by atoms with van der Waals surface area (Å²) in [5, 5.41) is 26.4. The van der Waals surface area contributed by atoms with Crippen molar-refractivity contribution in [1.82, 2.24) is 4.98 Å². The first-order chi connectivity index (χ1) is 27.0. The minimum Gasteiger partial charge on any atom is -0.358 e. The molecule has 0 aliphatic heterocycles. The third-order valence-corrected chi connectivity index (χ3v) is 12.4. The Kier molecular flexibility index (Phi) is 17.7. The standard InChI is InChI=1S/C29H36N8O15S6/c1-20-24(19-30)28(36(2)10-14-53(38)16-12-51-57(45,46)47)31-29(37(3)11-15-54(39)17-13-52-58(48,49)50)27(20)35-34-25-9-6-22(18-26(25)56(42,43)44)33-32-21-4-7-23(8-5-21)55(40)41/h4-9,18H,10-17H2,1-3H3,(H,40,41)(H,42,43,44)(H,45,46,47)(H,48,49,50). The highest BCUT2D eigenvalue weighted by Crippen LogP contribution is 2.39. The van der Waals surface area contributed by atoms with E-state index in [-0.39, 0.29) is 86.5 Å². The summed E-state index contributed by atoms with van der Waals surface area (Å²) in [5.41, 5.74) is -0.0960. The summed E-state index contributed by atoms with van der Waals surface area (Å²) >= 11 is -2.22. The fraction of sp³-hybridized carbons (Fsp3) is 0.379. The first-order valence-corrected chi connectivity index (χ1v) is 24.2. The molecule has 0 saturated carbocycles. The first-order valence-electron chi connectivity index (χ1n) is 16.0. The van der Waals surface area contributed by atoms with Gasteiger partial charge in [-0.05, 0) is 49.4 Å². The van der Waals surface area contributed by atoms with Crippen molar-refractivity contribution in [3.05, 3.63) is 53.6 Å². The molecule has 3 aromatic rings. The Balaban J connectivity index is 2.02. The molecule has 3 unspecified atom stereocenters. The van der Waals surface area contributed by atoms with E-state index >= 15 is 0 Å². The summed E-state index contributed by atoms with van der Waals surface area (Å²) < 4.78 is 150. The average molecular weight is 929 g/mol. The Morgan fingerprint density at radius 3 is 1.72 bits per heavy atom. The predicted molar refractivity (Wildman–Crippen MR) is 211 cm³/mol. The molecule has 0 bridgehead atoms. The van der Waals surface area contributed by atoms with Gasteiger partial charge in [-0.2, -0.15) is 40.7 Å². The minimum absolute atomic E-state index is 0.0116. The monoisotopic (exact) mass is 928 g/mol. The van der Waals surface area contributed by atoms with Crippen molar-refractivity contribution in [3.8, 4) is 6.07 Å². The number of hydrogen-bond donors (Lipinski definition) is 4. The van der Waals surface area contributed by atoms with Crippen molar-refractivity contribution in [2.45, 2.75) is 16.7 Å². The van der Waals surface area contributed by atoms with Crippen molar-refractivity contribution in [2.75, 3.05) is 73.2 Å². The van der Waals surface area contributed by atoms with Crippen LogP contribution in [0.2, 0.25) is 0 Å². The molecule has 29 heteroatoms. The van der Waals surface area contributed by atoms with Crippen LogP contribution in [-0.2, 0) is 72.0 Å². The van der Waals surface area contributed by atoms with Crippen LogP contribution in [0.5, 0.6) is 0 Å². The average Bonchev–Trinajstić information content (AvgIpc) is 3.13. The van der Waals surface area contributed by atoms with Crippen molar-refractivity contribution in [3.63, 3.8) is 0 Å². The van der Waals surface area contributed by atoms with E-state index in [1.807, 2.05) is 6.07 Å². The van der Waals surface area contributed by atoms with E-state index < -0.39 is 81.7 Å². The number of azo groups is 2. The Hall–Kier alpha value is -4.06. The molecule has 0 amide bonds. The topological polar surface area (TPSA) is 346 Å². The van der Waals surface area contributed by atoms with E-state index in [0.29, 0.717) is 0 Å². The molecular formula is C29H36N8O15S6. The van der Waals surface area contributed by atoms with E-state index in [1.54, 1.807) is 0 Å². The Labute approximate surface area is 341 Å². The highest BCUT2D eigenvalue weighted by Gasteiger charge is 2.24. The fourth-order valence-corrected chi connectivity index (χ4v) is 8.23. The number of hydrogen-bond acceptors (Lipinski definition) is 19. The number of nitriles is 1. The van der Waals surface area contributed by atoms with Gasteiger partial charge in [-0.15, -0.1) is 10.2 Å². The molecule has 3 rings (SSSR count). The zero-order chi connectivity index (χ0) is 43.4. The molecule has 2 aromatic carbocycles. The lowest BCUT2D eigenvalue weighted by atomic mass is 10.1. The third kappa shape index (κ3) is 15.6. The summed E-state index contributed by atoms with van der Waals surface area (Å²) in [5.74, 6) is -0.587.